The lowest BCUT2D eigenvalue weighted by Gasteiger charge is -2.10. The second-order valence-corrected chi connectivity index (χ2v) is 4.01. The number of nitrogens with zero attached hydrogens (tertiary/aromatic N) is 1. The number of pyridine rings is 1. The fourth-order valence-corrected chi connectivity index (χ4v) is 1.75. The maximum absolute atomic E-state index is 11.1. The molecule has 0 unspecified atom stereocenters. The molecule has 1 aliphatic heterocycles. The van der Waals surface area contributed by atoms with Crippen molar-refractivity contribution < 1.29 is 14.6 Å². The number of cyclic esters (lactones) is 1. The summed E-state index contributed by atoms with van der Waals surface area (Å²) in [6.45, 7) is 1.65. The van der Waals surface area contributed by atoms with E-state index in [1.54, 1.807) is 25.1 Å². The summed E-state index contributed by atoms with van der Waals surface area (Å²) in [5.41, 5.74) is 1.09. The van der Waals surface area contributed by atoms with E-state index < -0.39 is 12.1 Å². The number of rotatable bonds is 1. The molecule has 0 fully saturated rings. The number of carbonyl (C=O) groups excluding carboxylic acids is 1. The van der Waals surface area contributed by atoms with Gasteiger partial charge in [0.25, 0.3) is 0 Å². The minimum atomic E-state index is -0.695. The number of carbonyl (C=O) groups is 1. The molecule has 0 aliphatic carbocycles. The third kappa shape index (κ3) is 1.74. The zero-order valence-electron chi connectivity index (χ0n) is 7.90. The molecule has 0 amide bonds. The first-order valence-corrected chi connectivity index (χ1v) is 5.12. The molecule has 5 heteroatoms. The smallest absolute Gasteiger partial charge is 0.374 e. The highest BCUT2D eigenvalue weighted by atomic mass is 79.9. The molecule has 2 rings (SSSR count). The van der Waals surface area contributed by atoms with E-state index in [0.717, 1.165) is 0 Å². The van der Waals surface area contributed by atoms with Gasteiger partial charge in [-0.2, -0.15) is 0 Å². The Hall–Kier alpha value is -1.36. The van der Waals surface area contributed by atoms with Gasteiger partial charge in [0, 0.05) is 5.57 Å². The van der Waals surface area contributed by atoms with Gasteiger partial charge < -0.3 is 9.84 Å². The van der Waals surface area contributed by atoms with E-state index in [-0.39, 0.29) is 5.76 Å². The number of aliphatic hydroxyl groups excluding tert-OH is 1. The number of hydrogen-bond donors (Lipinski definition) is 1. The number of aromatic nitrogens is 1. The number of aliphatic hydroxyl groups is 1. The minimum Gasteiger partial charge on any atom is -0.502 e. The van der Waals surface area contributed by atoms with Crippen LogP contribution in [0.5, 0.6) is 0 Å². The largest absolute Gasteiger partial charge is 0.502 e. The topological polar surface area (TPSA) is 59.4 Å². The van der Waals surface area contributed by atoms with E-state index in [0.29, 0.717) is 15.9 Å². The van der Waals surface area contributed by atoms with Crippen molar-refractivity contribution in [2.24, 2.45) is 0 Å². The van der Waals surface area contributed by atoms with Crippen LogP contribution in [0.15, 0.2) is 34.1 Å². The molecule has 15 heavy (non-hydrogen) atoms. The van der Waals surface area contributed by atoms with Crippen LogP contribution in [0.4, 0.5) is 0 Å². The lowest BCUT2D eigenvalue weighted by molar-refractivity contribution is -0.142. The zero-order valence-corrected chi connectivity index (χ0v) is 9.48. The molecule has 0 saturated carbocycles. The van der Waals surface area contributed by atoms with Crippen molar-refractivity contribution in [3.8, 4) is 0 Å². The van der Waals surface area contributed by atoms with Crippen LogP contribution >= 0.6 is 15.9 Å². The Labute approximate surface area is 94.7 Å². The zero-order chi connectivity index (χ0) is 11.0. The third-order valence-corrected chi connectivity index (χ3v) is 2.63. The summed E-state index contributed by atoms with van der Waals surface area (Å²) in [6, 6.07) is 5.31. The van der Waals surface area contributed by atoms with Gasteiger partial charge in [0.2, 0.25) is 5.76 Å². The van der Waals surface area contributed by atoms with E-state index in [4.69, 9.17) is 4.74 Å². The molecule has 2 heterocycles. The highest BCUT2D eigenvalue weighted by Gasteiger charge is 2.33. The number of hydrogen-bond acceptors (Lipinski definition) is 4. The van der Waals surface area contributed by atoms with Gasteiger partial charge in [0.1, 0.15) is 4.60 Å². The lowest BCUT2D eigenvalue weighted by atomic mass is 10.1. The van der Waals surface area contributed by atoms with Gasteiger partial charge in [-0.05, 0) is 35.0 Å². The third-order valence-electron chi connectivity index (χ3n) is 2.19. The molecule has 1 aromatic rings. The molecule has 0 spiro atoms. The van der Waals surface area contributed by atoms with Gasteiger partial charge in [-0.3, -0.25) is 0 Å². The monoisotopic (exact) mass is 269 g/mol. The number of ether oxygens (including phenoxy) is 1. The molecule has 4 nitrogen and oxygen atoms in total. The molecule has 0 radical (unpaired) electrons. The Morgan fingerprint density at radius 1 is 1.53 bits per heavy atom. The highest BCUT2D eigenvalue weighted by molar-refractivity contribution is 9.10. The second-order valence-electron chi connectivity index (χ2n) is 3.20. The summed E-state index contributed by atoms with van der Waals surface area (Å²) >= 11 is 3.23. The maximum Gasteiger partial charge on any atom is 0.374 e. The average molecular weight is 270 g/mol. The van der Waals surface area contributed by atoms with Crippen molar-refractivity contribution in [2.75, 3.05) is 0 Å². The highest BCUT2D eigenvalue weighted by Crippen LogP contribution is 2.32. The molecule has 1 N–H and O–H groups in total. The molecular formula is C10H8BrNO3. The van der Waals surface area contributed by atoms with Crippen LogP contribution in [0.2, 0.25) is 0 Å². The Kier molecular flexibility index (Phi) is 2.48. The van der Waals surface area contributed by atoms with Crippen LogP contribution < -0.4 is 0 Å². The SMILES string of the molecule is CC1=C(O)C(=O)O[C@H]1c1cccc(Br)n1. The normalized spacial score (nSPS) is 20.7. The van der Waals surface area contributed by atoms with E-state index in [1.807, 2.05) is 0 Å². The van der Waals surface area contributed by atoms with Crippen LogP contribution in [0.3, 0.4) is 0 Å². The Morgan fingerprint density at radius 2 is 2.27 bits per heavy atom. The Morgan fingerprint density at radius 3 is 2.80 bits per heavy atom. The fraction of sp³-hybridized carbons (Fsp3) is 0.200. The second kappa shape index (κ2) is 3.66. The van der Waals surface area contributed by atoms with Crippen molar-refractivity contribution in [2.45, 2.75) is 13.0 Å². The van der Waals surface area contributed by atoms with Crippen molar-refractivity contribution in [1.29, 1.82) is 0 Å². The van der Waals surface area contributed by atoms with E-state index in [9.17, 15) is 9.90 Å². The van der Waals surface area contributed by atoms with E-state index in [2.05, 4.69) is 20.9 Å². The van der Waals surface area contributed by atoms with Crippen LogP contribution in [0.25, 0.3) is 0 Å². The summed E-state index contributed by atoms with van der Waals surface area (Å²) in [6.07, 6.45) is -0.574. The first-order chi connectivity index (χ1) is 7.09. The predicted molar refractivity (Wildman–Crippen MR) is 56.1 cm³/mol. The van der Waals surface area contributed by atoms with Crippen LogP contribution in [-0.2, 0) is 9.53 Å². The molecule has 0 saturated heterocycles. The Bertz CT molecular complexity index is 456. The van der Waals surface area contributed by atoms with Gasteiger partial charge in [-0.1, -0.05) is 6.07 Å². The van der Waals surface area contributed by atoms with Crippen LogP contribution in [-0.4, -0.2) is 16.1 Å². The quantitative estimate of drug-likeness (QED) is 0.628. The number of halogens is 1. The van der Waals surface area contributed by atoms with Gasteiger partial charge in [-0.15, -0.1) is 0 Å². The summed E-state index contributed by atoms with van der Waals surface area (Å²) in [5, 5.41) is 9.33. The average Bonchev–Trinajstić information content (AvgIpc) is 2.46. The molecule has 0 bridgehead atoms. The molecule has 0 aromatic carbocycles. The molecule has 1 atom stereocenters. The van der Waals surface area contributed by atoms with Gasteiger partial charge in [0.15, 0.2) is 6.10 Å². The van der Waals surface area contributed by atoms with Crippen LogP contribution in [0.1, 0.15) is 18.7 Å². The van der Waals surface area contributed by atoms with E-state index in [1.165, 1.54) is 0 Å². The fourth-order valence-electron chi connectivity index (χ4n) is 1.39. The standard InChI is InChI=1S/C10H8BrNO3/c1-5-8(13)10(14)15-9(5)6-3-2-4-7(11)12-6/h2-4,9,13H,1H3/t9-/m1/s1. The first kappa shape index (κ1) is 10.2. The van der Waals surface area contributed by atoms with Gasteiger partial charge >= 0.3 is 5.97 Å². The Balaban J connectivity index is 2.39. The lowest BCUT2D eigenvalue weighted by Crippen LogP contribution is -2.04. The van der Waals surface area contributed by atoms with Crippen molar-refractivity contribution in [1.82, 2.24) is 4.98 Å². The molecule has 1 aliphatic rings. The van der Waals surface area contributed by atoms with Crippen molar-refractivity contribution in [3.05, 3.63) is 39.8 Å². The molecule has 1 aromatic heterocycles. The number of esters is 1. The summed E-state index contributed by atoms with van der Waals surface area (Å²) in [4.78, 5) is 15.3. The molecular weight excluding hydrogens is 262 g/mol. The van der Waals surface area contributed by atoms with E-state index >= 15 is 0 Å². The molecule has 78 valence electrons. The summed E-state index contributed by atoms with van der Waals surface area (Å²) in [7, 11) is 0. The first-order valence-electron chi connectivity index (χ1n) is 4.33. The minimum absolute atomic E-state index is 0.318. The summed E-state index contributed by atoms with van der Waals surface area (Å²) < 4.78 is 5.64. The maximum atomic E-state index is 11.1. The predicted octanol–water partition coefficient (Wildman–Crippen LogP) is 2.27. The van der Waals surface area contributed by atoms with Gasteiger partial charge in [-0.25, -0.2) is 9.78 Å². The summed E-state index contributed by atoms with van der Waals surface area (Å²) in [5.74, 6) is -1.01. The van der Waals surface area contributed by atoms with Gasteiger partial charge in [0.05, 0.1) is 5.69 Å². The van der Waals surface area contributed by atoms with Crippen molar-refractivity contribution >= 4 is 21.9 Å². The van der Waals surface area contributed by atoms with Crippen LogP contribution in [0, 0.1) is 0 Å². The van der Waals surface area contributed by atoms with Crippen molar-refractivity contribution in [3.63, 3.8) is 0 Å².